The maximum absolute atomic E-state index is 12.8. The fourth-order valence-electron chi connectivity index (χ4n) is 3.23. The van der Waals surface area contributed by atoms with E-state index in [-0.39, 0.29) is 11.9 Å². The van der Waals surface area contributed by atoms with Crippen LogP contribution in [0.15, 0.2) is 49.1 Å². The van der Waals surface area contributed by atoms with Crippen molar-refractivity contribution >= 4 is 11.7 Å². The predicted octanol–water partition coefficient (Wildman–Crippen LogP) is 4.19. The topological polar surface area (TPSA) is 66.9 Å². The zero-order valence-corrected chi connectivity index (χ0v) is 15.1. The molecule has 1 aliphatic carbocycles. The van der Waals surface area contributed by atoms with Gasteiger partial charge in [-0.2, -0.15) is 0 Å². The van der Waals surface area contributed by atoms with Crippen LogP contribution in [0.25, 0.3) is 11.4 Å². The van der Waals surface area contributed by atoms with Gasteiger partial charge < -0.3 is 10.6 Å². The first-order valence-corrected chi connectivity index (χ1v) is 9.36. The molecule has 136 valence electrons. The summed E-state index contributed by atoms with van der Waals surface area (Å²) >= 11 is 0. The van der Waals surface area contributed by atoms with Gasteiger partial charge in [0.1, 0.15) is 11.5 Å². The minimum absolute atomic E-state index is 0.127. The number of carbonyl (C=O) groups is 1. The quantitative estimate of drug-likeness (QED) is 0.605. The Morgan fingerprint density at radius 3 is 2.54 bits per heavy atom. The lowest BCUT2D eigenvalue weighted by atomic mass is 10.1. The summed E-state index contributed by atoms with van der Waals surface area (Å²) in [6.45, 7) is 4.29. The van der Waals surface area contributed by atoms with Crippen molar-refractivity contribution in [3.05, 3.63) is 54.7 Å². The van der Waals surface area contributed by atoms with Gasteiger partial charge in [0.15, 0.2) is 5.82 Å². The number of carbonyl (C=O) groups excluding carboxylic acids is 1. The highest BCUT2D eigenvalue weighted by molar-refractivity contribution is 5.93. The summed E-state index contributed by atoms with van der Waals surface area (Å²) in [5.74, 6) is 1.05. The van der Waals surface area contributed by atoms with Crippen LogP contribution in [0.4, 0.5) is 5.82 Å². The lowest BCUT2D eigenvalue weighted by Gasteiger charge is -2.16. The second-order valence-corrected chi connectivity index (χ2v) is 6.66. The number of hydrogen-bond donors (Lipinski definition) is 2. The van der Waals surface area contributed by atoms with Crippen LogP contribution in [0.5, 0.6) is 0 Å². The predicted molar refractivity (Wildman–Crippen MR) is 105 cm³/mol. The van der Waals surface area contributed by atoms with E-state index >= 15 is 0 Å². The van der Waals surface area contributed by atoms with E-state index in [1.54, 1.807) is 12.1 Å². The monoisotopic (exact) mass is 350 g/mol. The molecule has 5 heteroatoms. The highest BCUT2D eigenvalue weighted by atomic mass is 16.1. The molecule has 2 aromatic rings. The average molecular weight is 350 g/mol. The SMILES string of the molecule is C=CCNc1cc(C(=O)NC2CCCCCC2)nc(-c2ccccc2)n1. The highest BCUT2D eigenvalue weighted by Gasteiger charge is 2.18. The Bertz CT molecular complexity index is 737. The largest absolute Gasteiger partial charge is 0.366 e. The first kappa shape index (κ1) is 18.1. The zero-order chi connectivity index (χ0) is 18.2. The molecule has 0 aliphatic heterocycles. The van der Waals surface area contributed by atoms with Gasteiger partial charge in [-0.3, -0.25) is 4.79 Å². The molecule has 1 heterocycles. The fraction of sp³-hybridized carbons (Fsp3) is 0.381. The third-order valence-electron chi connectivity index (χ3n) is 4.61. The van der Waals surface area contributed by atoms with Crippen LogP contribution in [-0.4, -0.2) is 28.5 Å². The zero-order valence-electron chi connectivity index (χ0n) is 15.1. The first-order valence-electron chi connectivity index (χ1n) is 9.36. The maximum atomic E-state index is 12.8. The molecule has 2 N–H and O–H groups in total. The van der Waals surface area contributed by atoms with E-state index in [0.717, 1.165) is 18.4 Å². The number of nitrogens with zero attached hydrogens (tertiary/aromatic N) is 2. The van der Waals surface area contributed by atoms with Crippen molar-refractivity contribution < 1.29 is 4.79 Å². The number of anilines is 1. The average Bonchev–Trinajstić information content (AvgIpc) is 2.95. The first-order chi connectivity index (χ1) is 12.8. The Morgan fingerprint density at radius 2 is 1.85 bits per heavy atom. The van der Waals surface area contributed by atoms with Crippen molar-refractivity contribution in [1.82, 2.24) is 15.3 Å². The minimum Gasteiger partial charge on any atom is -0.366 e. The fourth-order valence-corrected chi connectivity index (χ4v) is 3.23. The summed E-state index contributed by atoms with van der Waals surface area (Å²) in [7, 11) is 0. The number of aromatic nitrogens is 2. The number of hydrogen-bond acceptors (Lipinski definition) is 4. The van der Waals surface area contributed by atoms with Gasteiger partial charge in [-0.05, 0) is 12.8 Å². The molecule has 3 rings (SSSR count). The molecule has 1 saturated carbocycles. The summed E-state index contributed by atoms with van der Waals surface area (Å²) in [5, 5.41) is 6.32. The van der Waals surface area contributed by atoms with Crippen molar-refractivity contribution in [3.8, 4) is 11.4 Å². The van der Waals surface area contributed by atoms with Crippen molar-refractivity contribution in [3.63, 3.8) is 0 Å². The molecule has 0 saturated heterocycles. The summed E-state index contributed by atoms with van der Waals surface area (Å²) < 4.78 is 0. The van der Waals surface area contributed by atoms with Crippen LogP contribution >= 0.6 is 0 Å². The summed E-state index contributed by atoms with van der Waals surface area (Å²) in [4.78, 5) is 21.8. The molecule has 0 atom stereocenters. The Labute approximate surface area is 155 Å². The lowest BCUT2D eigenvalue weighted by molar-refractivity contribution is 0.0928. The van der Waals surface area contributed by atoms with Crippen LogP contribution in [0, 0.1) is 0 Å². The van der Waals surface area contributed by atoms with Crippen LogP contribution in [0.1, 0.15) is 49.0 Å². The minimum atomic E-state index is -0.127. The van der Waals surface area contributed by atoms with Crippen LogP contribution in [0.2, 0.25) is 0 Å². The molecule has 0 bridgehead atoms. The molecule has 1 amide bonds. The number of benzene rings is 1. The summed E-state index contributed by atoms with van der Waals surface area (Å²) in [6.07, 6.45) is 8.72. The molecule has 1 aromatic carbocycles. The van der Waals surface area contributed by atoms with Gasteiger partial charge in [-0.25, -0.2) is 9.97 Å². The summed E-state index contributed by atoms with van der Waals surface area (Å²) in [6, 6.07) is 11.7. The van der Waals surface area contributed by atoms with Crippen molar-refractivity contribution in [2.45, 2.75) is 44.6 Å². The molecule has 0 spiro atoms. The van der Waals surface area contributed by atoms with E-state index in [1.165, 1.54) is 25.7 Å². The number of nitrogens with one attached hydrogen (secondary N) is 2. The summed E-state index contributed by atoms with van der Waals surface area (Å²) in [5.41, 5.74) is 1.29. The normalized spacial score (nSPS) is 15.1. The van der Waals surface area contributed by atoms with E-state index in [2.05, 4.69) is 27.2 Å². The third kappa shape index (κ3) is 4.91. The van der Waals surface area contributed by atoms with E-state index in [9.17, 15) is 4.79 Å². The Morgan fingerprint density at radius 1 is 1.12 bits per heavy atom. The van der Waals surface area contributed by atoms with Gasteiger partial charge in [-0.15, -0.1) is 6.58 Å². The van der Waals surface area contributed by atoms with Gasteiger partial charge in [0.2, 0.25) is 0 Å². The Balaban J connectivity index is 1.84. The van der Waals surface area contributed by atoms with Crippen LogP contribution < -0.4 is 10.6 Å². The molecule has 1 aliphatic rings. The molecule has 0 unspecified atom stereocenters. The molecular weight excluding hydrogens is 324 g/mol. The number of rotatable bonds is 6. The second kappa shape index (κ2) is 9.13. The Kier molecular flexibility index (Phi) is 6.36. The standard InChI is InChI=1S/C21H26N4O/c1-2-14-22-19-15-18(21(26)23-17-12-8-3-4-9-13-17)24-20(25-19)16-10-6-5-7-11-16/h2,5-7,10-11,15,17H,1,3-4,8-9,12-14H2,(H,23,26)(H,22,24,25). The van der Waals surface area contributed by atoms with Gasteiger partial charge in [0, 0.05) is 24.2 Å². The van der Waals surface area contributed by atoms with E-state index in [1.807, 2.05) is 30.3 Å². The number of amides is 1. The van der Waals surface area contributed by atoms with Crippen molar-refractivity contribution in [1.29, 1.82) is 0 Å². The van der Waals surface area contributed by atoms with Gasteiger partial charge in [0.05, 0.1) is 0 Å². The molecule has 1 fully saturated rings. The van der Waals surface area contributed by atoms with Crippen molar-refractivity contribution in [2.24, 2.45) is 0 Å². The van der Waals surface area contributed by atoms with Gasteiger partial charge in [0.25, 0.3) is 5.91 Å². The van der Waals surface area contributed by atoms with Gasteiger partial charge >= 0.3 is 0 Å². The van der Waals surface area contributed by atoms with Crippen LogP contribution in [0.3, 0.4) is 0 Å². The third-order valence-corrected chi connectivity index (χ3v) is 4.61. The van der Waals surface area contributed by atoms with E-state index in [4.69, 9.17) is 0 Å². The highest BCUT2D eigenvalue weighted by Crippen LogP contribution is 2.20. The van der Waals surface area contributed by atoms with E-state index in [0.29, 0.717) is 23.9 Å². The Hall–Kier alpha value is -2.69. The van der Waals surface area contributed by atoms with E-state index < -0.39 is 0 Å². The van der Waals surface area contributed by atoms with Crippen LogP contribution in [-0.2, 0) is 0 Å². The second-order valence-electron chi connectivity index (χ2n) is 6.66. The molecule has 0 radical (unpaired) electrons. The smallest absolute Gasteiger partial charge is 0.270 e. The molecule has 26 heavy (non-hydrogen) atoms. The molecular formula is C21H26N4O. The molecule has 5 nitrogen and oxygen atoms in total. The van der Waals surface area contributed by atoms with Crippen molar-refractivity contribution in [2.75, 3.05) is 11.9 Å². The van der Waals surface area contributed by atoms with Gasteiger partial charge in [-0.1, -0.05) is 62.1 Å². The lowest BCUT2D eigenvalue weighted by Crippen LogP contribution is -2.35. The molecule has 1 aromatic heterocycles. The maximum Gasteiger partial charge on any atom is 0.270 e.